The fourth-order valence-electron chi connectivity index (χ4n) is 3.47. The summed E-state index contributed by atoms with van der Waals surface area (Å²) < 4.78 is 5.81. The second kappa shape index (κ2) is 10.4. The molecule has 3 aromatic carbocycles. The molecule has 2 amide bonds. The van der Waals surface area contributed by atoms with Crippen LogP contribution in [0.25, 0.3) is 6.08 Å². The average molecular weight is 507 g/mol. The van der Waals surface area contributed by atoms with Crippen molar-refractivity contribution in [1.82, 2.24) is 5.32 Å². The fourth-order valence-corrected chi connectivity index (χ4v) is 4.56. The zero-order valence-corrected chi connectivity index (χ0v) is 20.4. The summed E-state index contributed by atoms with van der Waals surface area (Å²) in [6.45, 7) is 0. The zero-order chi connectivity index (χ0) is 24.9. The molecule has 174 valence electrons. The molecule has 1 saturated heterocycles. The molecule has 7 heteroatoms. The third kappa shape index (κ3) is 5.26. The number of benzene rings is 3. The molecule has 1 aromatic heterocycles. The standard InChI is InChI=1S/C29H18N2O3S2/c32-27-26(19-25-18-17-24(36-25)16-11-20-7-3-1-4-8-20)28(33)31(29(35)30-27)21-12-14-23(15-13-21)34-22-9-5-2-6-10-22/h1-10,12-15,17-19H,(H,30,32,35)/b26-19+. The molecule has 36 heavy (non-hydrogen) atoms. The molecule has 1 N–H and O–H groups in total. The number of para-hydroxylation sites is 1. The lowest BCUT2D eigenvalue weighted by molar-refractivity contribution is -0.122. The van der Waals surface area contributed by atoms with Gasteiger partial charge in [0.1, 0.15) is 17.1 Å². The van der Waals surface area contributed by atoms with E-state index in [1.165, 1.54) is 16.2 Å². The number of thiophene rings is 1. The molecule has 4 aromatic rings. The first-order valence-corrected chi connectivity index (χ1v) is 12.2. The van der Waals surface area contributed by atoms with Crippen LogP contribution in [0.5, 0.6) is 11.5 Å². The number of rotatable bonds is 4. The summed E-state index contributed by atoms with van der Waals surface area (Å²) in [5.41, 5.74) is 1.44. The molecule has 0 aliphatic carbocycles. The number of nitrogens with one attached hydrogen (secondary N) is 1. The molecular weight excluding hydrogens is 488 g/mol. The van der Waals surface area contributed by atoms with Crippen molar-refractivity contribution < 1.29 is 14.3 Å². The Balaban J connectivity index is 1.36. The minimum atomic E-state index is -0.532. The van der Waals surface area contributed by atoms with E-state index >= 15 is 0 Å². The van der Waals surface area contributed by atoms with E-state index in [0.29, 0.717) is 17.2 Å². The van der Waals surface area contributed by atoms with Crippen molar-refractivity contribution in [2.45, 2.75) is 0 Å². The number of anilines is 1. The van der Waals surface area contributed by atoms with Gasteiger partial charge in [-0.15, -0.1) is 11.3 Å². The number of amides is 2. The molecule has 5 rings (SSSR count). The van der Waals surface area contributed by atoms with Crippen molar-refractivity contribution in [3.05, 3.63) is 118 Å². The third-order valence-electron chi connectivity index (χ3n) is 5.19. The first kappa shape index (κ1) is 23.2. The van der Waals surface area contributed by atoms with Crippen molar-refractivity contribution in [2.75, 3.05) is 4.90 Å². The maximum Gasteiger partial charge on any atom is 0.270 e. The van der Waals surface area contributed by atoms with Crippen LogP contribution in [0.3, 0.4) is 0 Å². The SMILES string of the molecule is O=C1NC(=S)N(c2ccc(Oc3ccccc3)cc2)C(=O)/C1=C/c1ccc(C#Cc2ccccc2)s1. The highest BCUT2D eigenvalue weighted by Crippen LogP contribution is 2.28. The van der Waals surface area contributed by atoms with Gasteiger partial charge in [-0.2, -0.15) is 0 Å². The van der Waals surface area contributed by atoms with E-state index in [9.17, 15) is 9.59 Å². The van der Waals surface area contributed by atoms with Gasteiger partial charge in [0, 0.05) is 10.4 Å². The Kier molecular flexibility index (Phi) is 6.72. The van der Waals surface area contributed by atoms with Gasteiger partial charge in [0.2, 0.25) is 0 Å². The number of hydrogen-bond acceptors (Lipinski definition) is 5. The Hall–Kier alpha value is -4.51. The Morgan fingerprint density at radius 2 is 1.47 bits per heavy atom. The first-order valence-electron chi connectivity index (χ1n) is 11.0. The van der Waals surface area contributed by atoms with Crippen molar-refractivity contribution in [2.24, 2.45) is 0 Å². The number of ether oxygens (including phenoxy) is 1. The minimum Gasteiger partial charge on any atom is -0.457 e. The molecule has 1 aliphatic rings. The summed E-state index contributed by atoms with van der Waals surface area (Å²) in [5.74, 6) is 6.52. The Morgan fingerprint density at radius 3 is 2.19 bits per heavy atom. The van der Waals surface area contributed by atoms with Crippen molar-refractivity contribution in [1.29, 1.82) is 0 Å². The van der Waals surface area contributed by atoms with Crippen LogP contribution in [-0.2, 0) is 9.59 Å². The van der Waals surface area contributed by atoms with Gasteiger partial charge in [0.25, 0.3) is 11.8 Å². The maximum absolute atomic E-state index is 13.3. The first-order chi connectivity index (χ1) is 17.6. The molecule has 5 nitrogen and oxygen atoms in total. The predicted molar refractivity (Wildman–Crippen MR) is 146 cm³/mol. The molecular formula is C29H18N2O3S2. The molecule has 0 atom stereocenters. The van der Waals surface area contributed by atoms with E-state index in [0.717, 1.165) is 15.3 Å². The minimum absolute atomic E-state index is 0.00219. The Labute approximate surface area is 217 Å². The highest BCUT2D eigenvalue weighted by atomic mass is 32.1. The van der Waals surface area contributed by atoms with Crippen LogP contribution in [0, 0.1) is 11.8 Å². The van der Waals surface area contributed by atoms with Crippen molar-refractivity contribution >= 4 is 52.2 Å². The summed E-state index contributed by atoms with van der Waals surface area (Å²) in [6, 6.07) is 29.7. The predicted octanol–water partition coefficient (Wildman–Crippen LogP) is 5.77. The van der Waals surface area contributed by atoms with Gasteiger partial charge in [0.15, 0.2) is 5.11 Å². The Bertz CT molecular complexity index is 1530. The number of nitrogens with zero attached hydrogens (tertiary/aromatic N) is 1. The lowest BCUT2D eigenvalue weighted by Gasteiger charge is -2.28. The third-order valence-corrected chi connectivity index (χ3v) is 6.43. The molecule has 0 spiro atoms. The summed E-state index contributed by atoms with van der Waals surface area (Å²) in [4.78, 5) is 28.8. The van der Waals surface area contributed by atoms with Crippen molar-refractivity contribution in [3.8, 4) is 23.3 Å². The van der Waals surface area contributed by atoms with Gasteiger partial charge in [-0.25, -0.2) is 0 Å². The largest absolute Gasteiger partial charge is 0.457 e. The molecule has 0 saturated carbocycles. The number of hydrogen-bond donors (Lipinski definition) is 1. The van der Waals surface area contributed by atoms with Gasteiger partial charge < -0.3 is 4.74 Å². The van der Waals surface area contributed by atoms with Crippen LogP contribution in [0.15, 0.2) is 103 Å². The molecule has 0 unspecified atom stereocenters. The van der Waals surface area contributed by atoms with E-state index in [4.69, 9.17) is 17.0 Å². The van der Waals surface area contributed by atoms with Gasteiger partial charge in [-0.1, -0.05) is 48.2 Å². The molecule has 0 radical (unpaired) electrons. The monoisotopic (exact) mass is 506 g/mol. The van der Waals surface area contributed by atoms with E-state index in [-0.39, 0.29) is 10.7 Å². The number of thiocarbonyl (C=S) groups is 1. The second-order valence-electron chi connectivity index (χ2n) is 7.68. The van der Waals surface area contributed by atoms with E-state index in [2.05, 4.69) is 17.2 Å². The smallest absolute Gasteiger partial charge is 0.270 e. The van der Waals surface area contributed by atoms with Gasteiger partial charge in [-0.3, -0.25) is 19.8 Å². The van der Waals surface area contributed by atoms with Gasteiger partial charge >= 0.3 is 0 Å². The highest BCUT2D eigenvalue weighted by molar-refractivity contribution is 7.80. The lowest BCUT2D eigenvalue weighted by Crippen LogP contribution is -2.54. The molecule has 2 heterocycles. The fraction of sp³-hybridized carbons (Fsp3) is 0. The number of carbonyl (C=O) groups is 2. The number of carbonyl (C=O) groups excluding carboxylic acids is 2. The maximum atomic E-state index is 13.3. The normalized spacial score (nSPS) is 14.3. The summed E-state index contributed by atoms with van der Waals surface area (Å²) in [6.07, 6.45) is 1.57. The Morgan fingerprint density at radius 1 is 0.806 bits per heavy atom. The van der Waals surface area contributed by atoms with Gasteiger partial charge in [0.05, 0.1) is 10.6 Å². The molecule has 1 fully saturated rings. The van der Waals surface area contributed by atoms with Crippen LogP contribution in [-0.4, -0.2) is 16.9 Å². The van der Waals surface area contributed by atoms with E-state index in [1.807, 2.05) is 72.8 Å². The summed E-state index contributed by atoms with van der Waals surface area (Å²) in [7, 11) is 0. The van der Waals surface area contributed by atoms with Crippen LogP contribution in [0.1, 0.15) is 15.3 Å². The van der Waals surface area contributed by atoms with Crippen LogP contribution in [0.4, 0.5) is 5.69 Å². The average Bonchev–Trinajstić information content (AvgIpc) is 3.35. The van der Waals surface area contributed by atoms with Crippen LogP contribution >= 0.6 is 23.6 Å². The second-order valence-corrected chi connectivity index (χ2v) is 9.19. The molecule has 1 aliphatic heterocycles. The zero-order valence-electron chi connectivity index (χ0n) is 18.8. The highest BCUT2D eigenvalue weighted by Gasteiger charge is 2.34. The lowest BCUT2D eigenvalue weighted by atomic mass is 10.1. The quantitative estimate of drug-likeness (QED) is 0.165. The summed E-state index contributed by atoms with van der Waals surface area (Å²) in [5, 5.41) is 2.64. The van der Waals surface area contributed by atoms with E-state index < -0.39 is 11.8 Å². The molecule has 0 bridgehead atoms. The van der Waals surface area contributed by atoms with Crippen LogP contribution < -0.4 is 15.0 Å². The topological polar surface area (TPSA) is 58.6 Å². The van der Waals surface area contributed by atoms with Gasteiger partial charge in [-0.05, 0) is 79.0 Å². The van der Waals surface area contributed by atoms with Crippen molar-refractivity contribution in [3.63, 3.8) is 0 Å². The van der Waals surface area contributed by atoms with Crippen LogP contribution in [0.2, 0.25) is 0 Å². The van der Waals surface area contributed by atoms with E-state index in [1.54, 1.807) is 30.3 Å². The summed E-state index contributed by atoms with van der Waals surface area (Å²) >= 11 is 6.70.